The lowest BCUT2D eigenvalue weighted by Crippen LogP contribution is -2.17. The Bertz CT molecular complexity index is 632. The van der Waals surface area contributed by atoms with E-state index in [1.54, 1.807) is 0 Å². The fraction of sp³-hybridized carbons (Fsp3) is 0.316. The first-order valence-electron chi connectivity index (χ1n) is 7.68. The van der Waals surface area contributed by atoms with Crippen LogP contribution < -0.4 is 10.1 Å². The number of carbonyl (C=O) groups is 1. The summed E-state index contributed by atoms with van der Waals surface area (Å²) in [5.74, 6) is 0.777. The molecular weight excluding hydrogens is 274 g/mol. The fourth-order valence-corrected chi connectivity index (χ4v) is 2.30. The lowest BCUT2D eigenvalue weighted by molar-refractivity contribution is -0.116. The highest BCUT2D eigenvalue weighted by atomic mass is 16.5. The van der Waals surface area contributed by atoms with Gasteiger partial charge in [0.2, 0.25) is 5.91 Å². The minimum atomic E-state index is -0.0175. The van der Waals surface area contributed by atoms with Gasteiger partial charge in [-0.2, -0.15) is 0 Å². The normalized spacial score (nSPS) is 10.3. The summed E-state index contributed by atoms with van der Waals surface area (Å²) in [5.41, 5.74) is 4.38. The maximum Gasteiger partial charge on any atom is 0.227 e. The highest BCUT2D eigenvalue weighted by molar-refractivity contribution is 5.92. The van der Waals surface area contributed by atoms with Gasteiger partial charge in [-0.1, -0.05) is 42.8 Å². The molecule has 0 aliphatic carbocycles. The molecule has 0 saturated heterocycles. The van der Waals surface area contributed by atoms with Crippen molar-refractivity contribution in [1.82, 2.24) is 0 Å². The van der Waals surface area contributed by atoms with E-state index in [1.165, 1.54) is 5.56 Å². The number of anilines is 1. The molecule has 1 amide bonds. The van der Waals surface area contributed by atoms with Gasteiger partial charge in [0.05, 0.1) is 13.0 Å². The SMILES string of the molecule is CCc1cccc(C)c1NC(=O)CCOc1ccc(C)cc1. The number of hydrogen-bond donors (Lipinski definition) is 1. The summed E-state index contributed by atoms with van der Waals surface area (Å²) < 4.78 is 5.60. The van der Waals surface area contributed by atoms with Crippen LogP contribution in [0.4, 0.5) is 5.69 Å². The summed E-state index contributed by atoms with van der Waals surface area (Å²) in [6.45, 7) is 6.51. The molecular formula is C19H23NO2. The van der Waals surface area contributed by atoms with Crippen LogP contribution in [-0.2, 0) is 11.2 Å². The third-order valence-electron chi connectivity index (χ3n) is 3.62. The van der Waals surface area contributed by atoms with E-state index in [2.05, 4.69) is 12.2 Å². The number of benzene rings is 2. The van der Waals surface area contributed by atoms with Crippen LogP contribution in [0.2, 0.25) is 0 Å². The first-order valence-corrected chi connectivity index (χ1v) is 7.68. The number of rotatable bonds is 6. The second-order valence-electron chi connectivity index (χ2n) is 5.42. The highest BCUT2D eigenvalue weighted by Gasteiger charge is 2.08. The smallest absolute Gasteiger partial charge is 0.227 e. The van der Waals surface area contributed by atoms with Crippen molar-refractivity contribution >= 4 is 11.6 Å². The second kappa shape index (κ2) is 7.64. The number of amides is 1. The van der Waals surface area contributed by atoms with Crippen molar-refractivity contribution in [2.24, 2.45) is 0 Å². The summed E-state index contributed by atoms with van der Waals surface area (Å²) in [6.07, 6.45) is 1.24. The molecule has 0 aliphatic rings. The van der Waals surface area contributed by atoms with Crippen LogP contribution in [0.1, 0.15) is 30.0 Å². The van der Waals surface area contributed by atoms with Gasteiger partial charge in [0, 0.05) is 5.69 Å². The summed E-state index contributed by atoms with van der Waals surface area (Å²) in [6, 6.07) is 13.9. The van der Waals surface area contributed by atoms with Crippen LogP contribution in [0.25, 0.3) is 0 Å². The van der Waals surface area contributed by atoms with Gasteiger partial charge in [0.1, 0.15) is 5.75 Å². The van der Waals surface area contributed by atoms with Crippen molar-refractivity contribution in [1.29, 1.82) is 0 Å². The fourth-order valence-electron chi connectivity index (χ4n) is 2.30. The molecule has 22 heavy (non-hydrogen) atoms. The molecule has 1 N–H and O–H groups in total. The van der Waals surface area contributed by atoms with Crippen molar-refractivity contribution in [3.63, 3.8) is 0 Å². The lowest BCUT2D eigenvalue weighted by Gasteiger charge is -2.13. The molecule has 3 nitrogen and oxygen atoms in total. The van der Waals surface area contributed by atoms with Crippen LogP contribution in [0.3, 0.4) is 0 Å². The van der Waals surface area contributed by atoms with Gasteiger partial charge >= 0.3 is 0 Å². The lowest BCUT2D eigenvalue weighted by atomic mass is 10.1. The minimum absolute atomic E-state index is 0.0175. The molecule has 0 radical (unpaired) electrons. The Hall–Kier alpha value is -2.29. The Labute approximate surface area is 132 Å². The average Bonchev–Trinajstić information content (AvgIpc) is 2.51. The van der Waals surface area contributed by atoms with Crippen LogP contribution >= 0.6 is 0 Å². The molecule has 0 bridgehead atoms. The van der Waals surface area contributed by atoms with E-state index in [9.17, 15) is 4.79 Å². The van der Waals surface area contributed by atoms with Gasteiger partial charge in [0.25, 0.3) is 0 Å². The van der Waals surface area contributed by atoms with Crippen LogP contribution in [0.5, 0.6) is 5.75 Å². The predicted molar refractivity (Wildman–Crippen MR) is 90.5 cm³/mol. The van der Waals surface area contributed by atoms with Crippen molar-refractivity contribution in [2.75, 3.05) is 11.9 Å². The molecule has 0 unspecified atom stereocenters. The molecule has 2 aromatic carbocycles. The number of hydrogen-bond acceptors (Lipinski definition) is 2. The van der Waals surface area contributed by atoms with Gasteiger partial charge in [-0.3, -0.25) is 4.79 Å². The summed E-state index contributed by atoms with van der Waals surface area (Å²) in [7, 11) is 0. The van der Waals surface area contributed by atoms with Crippen molar-refractivity contribution in [2.45, 2.75) is 33.6 Å². The molecule has 0 aromatic heterocycles. The minimum Gasteiger partial charge on any atom is -0.493 e. The molecule has 2 rings (SSSR count). The topological polar surface area (TPSA) is 38.3 Å². The average molecular weight is 297 g/mol. The standard InChI is InChI=1S/C19H23NO2/c1-4-16-7-5-6-15(3)19(16)20-18(21)12-13-22-17-10-8-14(2)9-11-17/h5-11H,4,12-13H2,1-3H3,(H,20,21). The Morgan fingerprint density at radius 1 is 1.09 bits per heavy atom. The highest BCUT2D eigenvalue weighted by Crippen LogP contribution is 2.21. The number of nitrogens with one attached hydrogen (secondary N) is 1. The number of carbonyl (C=O) groups excluding carboxylic acids is 1. The first kappa shape index (κ1) is 16.1. The zero-order chi connectivity index (χ0) is 15.9. The van der Waals surface area contributed by atoms with E-state index in [1.807, 2.05) is 56.3 Å². The largest absolute Gasteiger partial charge is 0.493 e. The van der Waals surface area contributed by atoms with Gasteiger partial charge in [-0.25, -0.2) is 0 Å². The Morgan fingerprint density at radius 2 is 1.82 bits per heavy atom. The third kappa shape index (κ3) is 4.35. The predicted octanol–water partition coefficient (Wildman–Crippen LogP) is 4.27. The van der Waals surface area contributed by atoms with Gasteiger partial charge in [-0.15, -0.1) is 0 Å². The number of ether oxygens (including phenoxy) is 1. The van der Waals surface area contributed by atoms with E-state index in [-0.39, 0.29) is 5.91 Å². The second-order valence-corrected chi connectivity index (χ2v) is 5.42. The molecule has 116 valence electrons. The van der Waals surface area contributed by atoms with Crippen molar-refractivity contribution in [3.05, 3.63) is 59.2 Å². The van der Waals surface area contributed by atoms with Crippen LogP contribution in [-0.4, -0.2) is 12.5 Å². The Kier molecular flexibility index (Phi) is 5.59. The molecule has 0 spiro atoms. The van der Waals surface area contributed by atoms with Gasteiger partial charge in [0.15, 0.2) is 0 Å². The molecule has 3 heteroatoms. The zero-order valence-corrected chi connectivity index (χ0v) is 13.5. The van der Waals surface area contributed by atoms with Crippen LogP contribution in [0, 0.1) is 13.8 Å². The first-order chi connectivity index (χ1) is 10.6. The summed E-state index contributed by atoms with van der Waals surface area (Å²) in [4.78, 5) is 12.1. The molecule has 0 saturated carbocycles. The third-order valence-corrected chi connectivity index (χ3v) is 3.62. The maximum absolute atomic E-state index is 12.1. The van der Waals surface area contributed by atoms with Crippen molar-refractivity contribution < 1.29 is 9.53 Å². The molecule has 2 aromatic rings. The monoisotopic (exact) mass is 297 g/mol. The molecule has 0 heterocycles. The summed E-state index contributed by atoms with van der Waals surface area (Å²) >= 11 is 0. The Balaban J connectivity index is 1.87. The number of aryl methyl sites for hydroxylation is 3. The maximum atomic E-state index is 12.1. The summed E-state index contributed by atoms with van der Waals surface area (Å²) in [5, 5.41) is 3.01. The van der Waals surface area contributed by atoms with Crippen molar-refractivity contribution in [3.8, 4) is 5.75 Å². The number of para-hydroxylation sites is 1. The van der Waals surface area contributed by atoms with Gasteiger partial charge in [-0.05, 0) is 43.5 Å². The van der Waals surface area contributed by atoms with E-state index < -0.39 is 0 Å². The molecule has 0 aliphatic heterocycles. The zero-order valence-electron chi connectivity index (χ0n) is 13.5. The molecule has 0 fully saturated rings. The molecule has 0 atom stereocenters. The van der Waals surface area contributed by atoms with Crippen LogP contribution in [0.15, 0.2) is 42.5 Å². The van der Waals surface area contributed by atoms with E-state index >= 15 is 0 Å². The van der Waals surface area contributed by atoms with E-state index in [0.29, 0.717) is 13.0 Å². The van der Waals surface area contributed by atoms with Gasteiger partial charge < -0.3 is 10.1 Å². The van der Waals surface area contributed by atoms with E-state index in [0.717, 1.165) is 29.0 Å². The Morgan fingerprint density at radius 3 is 2.50 bits per heavy atom. The van der Waals surface area contributed by atoms with E-state index in [4.69, 9.17) is 4.74 Å². The quantitative estimate of drug-likeness (QED) is 0.864.